The van der Waals surface area contributed by atoms with E-state index in [2.05, 4.69) is 4.74 Å². The van der Waals surface area contributed by atoms with Gasteiger partial charge in [-0.1, -0.05) is 0 Å². The van der Waals surface area contributed by atoms with E-state index < -0.39 is 36.7 Å². The summed E-state index contributed by atoms with van der Waals surface area (Å²) in [5, 5.41) is 17.4. The minimum atomic E-state index is -1.96. The average Bonchev–Trinajstić information content (AvgIpc) is 2.22. The number of benzene rings is 1. The molecular weight excluding hydrogens is 221 g/mol. The highest BCUT2D eigenvalue weighted by molar-refractivity contribution is 6.58. The zero-order chi connectivity index (χ0) is 12.3. The Bertz CT molecular complexity index is 385. The van der Waals surface area contributed by atoms with Gasteiger partial charge in [-0.15, -0.1) is 0 Å². The predicted octanol–water partition coefficient (Wildman–Crippen LogP) is -0.640. The van der Waals surface area contributed by atoms with E-state index in [-0.39, 0.29) is 5.46 Å². The third-order valence-corrected chi connectivity index (χ3v) is 2.01. The first kappa shape index (κ1) is 12.6. The van der Waals surface area contributed by atoms with Crippen molar-refractivity contribution in [3.63, 3.8) is 0 Å². The van der Waals surface area contributed by atoms with Crippen molar-refractivity contribution < 1.29 is 28.4 Å². The Labute approximate surface area is 90.6 Å². The van der Waals surface area contributed by atoms with Crippen LogP contribution >= 0.6 is 0 Å². The number of carbonyl (C=O) groups excluding carboxylic acids is 1. The molecule has 0 spiro atoms. The normalized spacial score (nSPS) is 10.1. The monoisotopic (exact) mass is 230 g/mol. The molecule has 0 amide bonds. The van der Waals surface area contributed by atoms with Gasteiger partial charge < -0.3 is 14.8 Å². The van der Waals surface area contributed by atoms with E-state index in [4.69, 9.17) is 10.0 Å². The van der Waals surface area contributed by atoms with Crippen LogP contribution in [-0.4, -0.2) is 30.2 Å². The van der Waals surface area contributed by atoms with Crippen LogP contribution in [0.25, 0.3) is 0 Å². The molecule has 0 heterocycles. The van der Waals surface area contributed by atoms with Gasteiger partial charge in [0.1, 0.15) is 11.6 Å². The molecular formula is C9H9BF2O4. The molecule has 1 aromatic carbocycles. The summed E-state index contributed by atoms with van der Waals surface area (Å²) in [5.41, 5.74) is -0.778. The minimum Gasteiger partial charge on any atom is -0.469 e. The molecule has 0 aliphatic carbocycles. The molecule has 0 aromatic heterocycles. The Hall–Kier alpha value is -1.47. The number of hydrogen-bond donors (Lipinski definition) is 2. The molecule has 86 valence electrons. The molecule has 0 saturated heterocycles. The van der Waals surface area contributed by atoms with Crippen molar-refractivity contribution in [3.05, 3.63) is 29.3 Å². The lowest BCUT2D eigenvalue weighted by molar-refractivity contribution is -0.139. The topological polar surface area (TPSA) is 66.8 Å². The first-order chi connectivity index (χ1) is 7.45. The lowest BCUT2D eigenvalue weighted by Gasteiger charge is -2.06. The smallest absolute Gasteiger partial charge is 0.469 e. The number of ether oxygens (including phenoxy) is 1. The molecule has 0 radical (unpaired) electrons. The van der Waals surface area contributed by atoms with Crippen LogP contribution in [0.5, 0.6) is 0 Å². The molecule has 0 saturated carbocycles. The van der Waals surface area contributed by atoms with E-state index in [1.54, 1.807) is 0 Å². The molecule has 16 heavy (non-hydrogen) atoms. The van der Waals surface area contributed by atoms with Crippen LogP contribution in [0, 0.1) is 11.6 Å². The average molecular weight is 230 g/mol. The van der Waals surface area contributed by atoms with Gasteiger partial charge in [0, 0.05) is 5.56 Å². The van der Waals surface area contributed by atoms with E-state index in [0.717, 1.165) is 19.2 Å². The van der Waals surface area contributed by atoms with Crippen LogP contribution in [0.4, 0.5) is 8.78 Å². The first-order valence-electron chi connectivity index (χ1n) is 4.36. The van der Waals surface area contributed by atoms with Gasteiger partial charge >= 0.3 is 13.1 Å². The zero-order valence-corrected chi connectivity index (χ0v) is 8.41. The van der Waals surface area contributed by atoms with Gasteiger partial charge in [0.2, 0.25) is 0 Å². The molecule has 0 aliphatic rings. The predicted molar refractivity (Wildman–Crippen MR) is 51.9 cm³/mol. The summed E-state index contributed by atoms with van der Waals surface area (Å²) >= 11 is 0. The summed E-state index contributed by atoms with van der Waals surface area (Å²) in [6.07, 6.45) is -0.546. The van der Waals surface area contributed by atoms with Crippen LogP contribution in [0.15, 0.2) is 12.1 Å². The summed E-state index contributed by atoms with van der Waals surface area (Å²) < 4.78 is 30.9. The van der Waals surface area contributed by atoms with Crippen molar-refractivity contribution in [2.24, 2.45) is 0 Å². The Morgan fingerprint density at radius 3 is 2.25 bits per heavy atom. The van der Waals surface area contributed by atoms with Gasteiger partial charge in [-0.3, -0.25) is 4.79 Å². The van der Waals surface area contributed by atoms with Gasteiger partial charge in [-0.05, 0) is 17.6 Å². The number of rotatable bonds is 3. The summed E-state index contributed by atoms with van der Waals surface area (Å²) in [7, 11) is -0.861. The third-order valence-electron chi connectivity index (χ3n) is 2.01. The van der Waals surface area contributed by atoms with E-state index in [0.29, 0.717) is 0 Å². The van der Waals surface area contributed by atoms with Crippen molar-refractivity contribution in [1.29, 1.82) is 0 Å². The molecule has 0 atom stereocenters. The molecule has 0 bridgehead atoms. The molecule has 7 heteroatoms. The van der Waals surface area contributed by atoms with Crippen LogP contribution in [0.2, 0.25) is 0 Å². The Morgan fingerprint density at radius 2 is 1.88 bits per heavy atom. The Kier molecular flexibility index (Phi) is 3.97. The standard InChI is InChI=1S/C9H9BF2O4/c1-16-9(13)4-6-7(11)2-5(10(14)15)3-8(6)12/h2-3,14-15H,4H2,1H3. The highest BCUT2D eigenvalue weighted by Gasteiger charge is 2.19. The van der Waals surface area contributed by atoms with Crippen molar-refractivity contribution in [2.45, 2.75) is 6.42 Å². The van der Waals surface area contributed by atoms with Gasteiger partial charge in [0.15, 0.2) is 0 Å². The summed E-state index contributed by atoms with van der Waals surface area (Å²) in [5.74, 6) is -2.82. The van der Waals surface area contributed by atoms with E-state index >= 15 is 0 Å². The highest BCUT2D eigenvalue weighted by Crippen LogP contribution is 2.12. The molecule has 1 rings (SSSR count). The zero-order valence-electron chi connectivity index (χ0n) is 8.41. The number of carbonyl (C=O) groups is 1. The van der Waals surface area contributed by atoms with Crippen LogP contribution in [0.3, 0.4) is 0 Å². The minimum absolute atomic E-state index is 0.316. The number of hydrogen-bond acceptors (Lipinski definition) is 4. The fraction of sp³-hybridized carbons (Fsp3) is 0.222. The van der Waals surface area contributed by atoms with E-state index in [9.17, 15) is 13.6 Å². The molecule has 2 N–H and O–H groups in total. The van der Waals surface area contributed by atoms with Gasteiger partial charge in [0.25, 0.3) is 0 Å². The van der Waals surface area contributed by atoms with Crippen molar-refractivity contribution in [3.8, 4) is 0 Å². The summed E-state index contributed by atoms with van der Waals surface area (Å²) in [4.78, 5) is 10.9. The fourth-order valence-corrected chi connectivity index (χ4v) is 1.16. The third kappa shape index (κ3) is 2.77. The molecule has 0 aliphatic heterocycles. The second-order valence-electron chi connectivity index (χ2n) is 3.09. The maximum absolute atomic E-state index is 13.3. The number of halogens is 2. The summed E-state index contributed by atoms with van der Waals surface area (Å²) in [6.45, 7) is 0. The fourth-order valence-electron chi connectivity index (χ4n) is 1.16. The van der Waals surface area contributed by atoms with Crippen molar-refractivity contribution >= 4 is 18.6 Å². The second-order valence-corrected chi connectivity index (χ2v) is 3.09. The van der Waals surface area contributed by atoms with Gasteiger partial charge in [-0.25, -0.2) is 8.78 Å². The lowest BCUT2D eigenvalue weighted by Crippen LogP contribution is -2.31. The van der Waals surface area contributed by atoms with Crippen molar-refractivity contribution in [1.82, 2.24) is 0 Å². The molecule has 0 unspecified atom stereocenters. The SMILES string of the molecule is COC(=O)Cc1c(F)cc(B(O)O)cc1F. The second kappa shape index (κ2) is 5.04. The van der Waals surface area contributed by atoms with Crippen LogP contribution < -0.4 is 5.46 Å². The van der Waals surface area contributed by atoms with Crippen molar-refractivity contribution in [2.75, 3.05) is 7.11 Å². The quantitative estimate of drug-likeness (QED) is 0.535. The number of esters is 1. The van der Waals surface area contributed by atoms with E-state index in [1.807, 2.05) is 0 Å². The van der Waals surface area contributed by atoms with E-state index in [1.165, 1.54) is 0 Å². The Balaban J connectivity index is 3.07. The maximum Gasteiger partial charge on any atom is 0.488 e. The summed E-state index contributed by atoms with van der Waals surface area (Å²) in [6, 6.07) is 1.51. The first-order valence-corrected chi connectivity index (χ1v) is 4.36. The highest BCUT2D eigenvalue weighted by atomic mass is 19.1. The van der Waals surface area contributed by atoms with Crippen LogP contribution in [-0.2, 0) is 16.0 Å². The Morgan fingerprint density at radius 1 is 1.38 bits per heavy atom. The lowest BCUT2D eigenvalue weighted by atomic mass is 9.79. The number of methoxy groups -OCH3 is 1. The molecule has 1 aromatic rings. The largest absolute Gasteiger partial charge is 0.488 e. The molecule has 0 fully saturated rings. The molecule has 4 nitrogen and oxygen atoms in total. The van der Waals surface area contributed by atoms with Gasteiger partial charge in [-0.2, -0.15) is 0 Å². The maximum atomic E-state index is 13.3. The van der Waals surface area contributed by atoms with Crippen LogP contribution in [0.1, 0.15) is 5.56 Å². The van der Waals surface area contributed by atoms with Gasteiger partial charge in [0.05, 0.1) is 13.5 Å².